The van der Waals surface area contributed by atoms with Crippen molar-refractivity contribution in [2.24, 2.45) is 0 Å². The molecule has 2 N–H and O–H groups in total. The maximum absolute atomic E-state index is 12.7. The molecule has 0 radical (unpaired) electrons. The van der Waals surface area contributed by atoms with Crippen LogP contribution in [0.5, 0.6) is 5.75 Å². The fourth-order valence-electron chi connectivity index (χ4n) is 1.56. The van der Waals surface area contributed by atoms with Gasteiger partial charge in [0.15, 0.2) is 0 Å². The molecule has 22 heavy (non-hydrogen) atoms. The first-order valence-corrected chi connectivity index (χ1v) is 6.13. The van der Waals surface area contributed by atoms with E-state index in [0.717, 1.165) is 0 Å². The number of hydrogen-bond donors (Lipinski definition) is 2. The first-order chi connectivity index (χ1) is 10.2. The molecule has 0 fully saturated rings. The molecule has 1 aromatic carbocycles. The number of hydrogen-bond acceptors (Lipinski definition) is 5. The summed E-state index contributed by atoms with van der Waals surface area (Å²) in [5, 5.41) is 17.0. The van der Waals surface area contributed by atoms with Crippen LogP contribution in [0.3, 0.4) is 0 Å². The summed E-state index contributed by atoms with van der Waals surface area (Å²) in [6.45, 7) is 1.21. The average Bonchev–Trinajstić information content (AvgIpc) is 2.46. The summed E-state index contributed by atoms with van der Waals surface area (Å²) in [6.07, 6.45) is -5.17. The van der Waals surface area contributed by atoms with Gasteiger partial charge in [-0.1, -0.05) is 0 Å². The minimum atomic E-state index is -5.17. The molecule has 0 amide bonds. The van der Waals surface area contributed by atoms with Crippen LogP contribution >= 0.6 is 0 Å². The SMILES string of the molecule is CCOC(=O)/C(C(=N)c1ccc(OC)cc1)=C(/O)C(F)(F)F. The Morgan fingerprint density at radius 2 is 1.82 bits per heavy atom. The van der Waals surface area contributed by atoms with Gasteiger partial charge in [-0.2, -0.15) is 13.2 Å². The van der Waals surface area contributed by atoms with Gasteiger partial charge < -0.3 is 14.6 Å². The summed E-state index contributed by atoms with van der Waals surface area (Å²) in [6, 6.07) is 5.42. The van der Waals surface area contributed by atoms with Crippen LogP contribution in [0.4, 0.5) is 13.2 Å². The first-order valence-electron chi connectivity index (χ1n) is 6.13. The Morgan fingerprint density at radius 1 is 1.27 bits per heavy atom. The molecule has 5 nitrogen and oxygen atoms in total. The van der Waals surface area contributed by atoms with Gasteiger partial charge in [-0.3, -0.25) is 5.41 Å². The molecule has 0 aromatic heterocycles. The van der Waals surface area contributed by atoms with Crippen LogP contribution in [0.1, 0.15) is 12.5 Å². The van der Waals surface area contributed by atoms with E-state index in [1.54, 1.807) is 0 Å². The summed E-state index contributed by atoms with van der Waals surface area (Å²) < 4.78 is 47.4. The lowest BCUT2D eigenvalue weighted by atomic mass is 10.0. The van der Waals surface area contributed by atoms with E-state index in [4.69, 9.17) is 10.1 Å². The number of methoxy groups -OCH3 is 1. The van der Waals surface area contributed by atoms with Gasteiger partial charge >= 0.3 is 12.1 Å². The minimum absolute atomic E-state index is 0.000321. The molecule has 0 saturated heterocycles. The predicted molar refractivity (Wildman–Crippen MR) is 72.2 cm³/mol. The molecule has 8 heteroatoms. The third-order valence-corrected chi connectivity index (χ3v) is 2.61. The number of aliphatic hydroxyl groups excluding tert-OH is 1. The van der Waals surface area contributed by atoms with Crippen molar-refractivity contribution < 1.29 is 32.5 Å². The highest BCUT2D eigenvalue weighted by Crippen LogP contribution is 2.28. The van der Waals surface area contributed by atoms with Crippen molar-refractivity contribution in [2.75, 3.05) is 13.7 Å². The van der Waals surface area contributed by atoms with Crippen molar-refractivity contribution in [3.8, 4) is 5.75 Å². The van der Waals surface area contributed by atoms with Crippen LogP contribution in [0, 0.1) is 5.41 Å². The highest BCUT2D eigenvalue weighted by Gasteiger charge is 2.40. The highest BCUT2D eigenvalue weighted by atomic mass is 19.4. The smallest absolute Gasteiger partial charge is 0.449 e. The van der Waals surface area contributed by atoms with E-state index in [1.807, 2.05) is 0 Å². The molecule has 0 heterocycles. The van der Waals surface area contributed by atoms with E-state index in [1.165, 1.54) is 38.3 Å². The molecule has 120 valence electrons. The molecule has 0 atom stereocenters. The zero-order chi connectivity index (χ0) is 16.9. The molecule has 0 aliphatic carbocycles. The minimum Gasteiger partial charge on any atom is -0.504 e. The lowest BCUT2D eigenvalue weighted by molar-refractivity contribution is -0.141. The van der Waals surface area contributed by atoms with E-state index in [9.17, 15) is 23.1 Å². The van der Waals surface area contributed by atoms with Gasteiger partial charge in [0, 0.05) is 5.56 Å². The average molecular weight is 317 g/mol. The maximum atomic E-state index is 12.7. The number of carbonyl (C=O) groups excluding carboxylic acids is 1. The topological polar surface area (TPSA) is 79.6 Å². The molecule has 1 rings (SSSR count). The van der Waals surface area contributed by atoms with Gasteiger partial charge in [-0.05, 0) is 31.2 Å². The Bertz CT molecular complexity index is 591. The van der Waals surface area contributed by atoms with Gasteiger partial charge in [0.05, 0.1) is 19.4 Å². The fourth-order valence-corrected chi connectivity index (χ4v) is 1.56. The molecule has 0 aliphatic heterocycles. The Hall–Kier alpha value is -2.51. The Kier molecular flexibility index (Phi) is 5.56. The molecular weight excluding hydrogens is 303 g/mol. The molecule has 0 spiro atoms. The highest BCUT2D eigenvalue weighted by molar-refractivity contribution is 6.25. The van der Waals surface area contributed by atoms with Gasteiger partial charge in [-0.25, -0.2) is 4.79 Å². The predicted octanol–water partition coefficient (Wildman–Crippen LogP) is 3.00. The third-order valence-electron chi connectivity index (χ3n) is 2.61. The summed E-state index contributed by atoms with van der Waals surface area (Å²) >= 11 is 0. The van der Waals surface area contributed by atoms with E-state index < -0.39 is 29.2 Å². The number of rotatable bonds is 5. The van der Waals surface area contributed by atoms with Crippen LogP contribution < -0.4 is 4.74 Å². The van der Waals surface area contributed by atoms with Crippen LogP contribution in [0.15, 0.2) is 35.6 Å². The van der Waals surface area contributed by atoms with Crippen molar-refractivity contribution in [3.05, 3.63) is 41.2 Å². The van der Waals surface area contributed by atoms with E-state index in [-0.39, 0.29) is 12.2 Å². The quantitative estimate of drug-likeness (QED) is 0.379. The second-order valence-corrected chi connectivity index (χ2v) is 4.05. The Morgan fingerprint density at radius 3 is 2.23 bits per heavy atom. The van der Waals surface area contributed by atoms with Gasteiger partial charge in [0.2, 0.25) is 5.76 Å². The first kappa shape index (κ1) is 17.5. The van der Waals surface area contributed by atoms with Crippen LogP contribution in [0.2, 0.25) is 0 Å². The molecule has 0 aliphatic rings. The standard InChI is InChI=1S/C14H14F3NO4/c1-3-22-13(20)10(12(19)14(15,16)17)11(18)8-4-6-9(21-2)7-5-8/h4-7,18-19H,3H2,1-2H3/b12-10+,18-11?. The second-order valence-electron chi connectivity index (χ2n) is 4.05. The number of alkyl halides is 3. The molecular formula is C14H14F3NO4. The third kappa shape index (κ3) is 4.00. The van der Waals surface area contributed by atoms with Crippen molar-refractivity contribution >= 4 is 11.7 Å². The van der Waals surface area contributed by atoms with Crippen LogP contribution in [0.25, 0.3) is 0 Å². The van der Waals surface area contributed by atoms with Crippen molar-refractivity contribution in [2.45, 2.75) is 13.1 Å². The van der Waals surface area contributed by atoms with E-state index in [2.05, 4.69) is 4.74 Å². The number of aliphatic hydroxyl groups is 1. The number of carbonyl (C=O) groups is 1. The Labute approximate surface area is 124 Å². The molecule has 1 aromatic rings. The molecule has 0 saturated carbocycles. The summed E-state index contributed by atoms with van der Waals surface area (Å²) in [4.78, 5) is 11.7. The molecule has 0 bridgehead atoms. The summed E-state index contributed by atoms with van der Waals surface area (Å²) in [7, 11) is 1.40. The lowest BCUT2D eigenvalue weighted by Crippen LogP contribution is -2.24. The van der Waals surface area contributed by atoms with Crippen molar-refractivity contribution in [1.29, 1.82) is 5.41 Å². The maximum Gasteiger partial charge on any atom is 0.449 e. The van der Waals surface area contributed by atoms with E-state index >= 15 is 0 Å². The lowest BCUT2D eigenvalue weighted by Gasteiger charge is -2.13. The number of allylic oxidation sites excluding steroid dienone is 1. The molecule has 0 unspecified atom stereocenters. The van der Waals surface area contributed by atoms with Crippen LogP contribution in [-0.4, -0.2) is 36.7 Å². The van der Waals surface area contributed by atoms with Crippen molar-refractivity contribution in [1.82, 2.24) is 0 Å². The monoisotopic (exact) mass is 317 g/mol. The second kappa shape index (κ2) is 6.97. The van der Waals surface area contributed by atoms with Gasteiger partial charge in [-0.15, -0.1) is 0 Å². The number of ether oxygens (including phenoxy) is 2. The number of halogens is 3. The summed E-state index contributed by atoms with van der Waals surface area (Å²) in [5.74, 6) is -3.15. The van der Waals surface area contributed by atoms with E-state index in [0.29, 0.717) is 5.75 Å². The fraction of sp³-hybridized carbons (Fsp3) is 0.286. The number of benzene rings is 1. The zero-order valence-electron chi connectivity index (χ0n) is 11.8. The van der Waals surface area contributed by atoms with Gasteiger partial charge in [0.1, 0.15) is 11.3 Å². The van der Waals surface area contributed by atoms with Crippen molar-refractivity contribution in [3.63, 3.8) is 0 Å². The Balaban J connectivity index is 3.32. The number of esters is 1. The summed E-state index contributed by atoms with van der Waals surface area (Å²) in [5.41, 5.74) is -2.03. The van der Waals surface area contributed by atoms with Gasteiger partial charge in [0.25, 0.3) is 0 Å². The zero-order valence-corrected chi connectivity index (χ0v) is 11.8. The van der Waals surface area contributed by atoms with Crippen LogP contribution in [-0.2, 0) is 9.53 Å². The normalized spacial score (nSPS) is 12.4. The number of nitrogens with one attached hydrogen (secondary N) is 1. The largest absolute Gasteiger partial charge is 0.504 e.